The van der Waals surface area contributed by atoms with Crippen molar-refractivity contribution in [3.63, 3.8) is 0 Å². The van der Waals surface area contributed by atoms with Crippen LogP contribution in [-0.4, -0.2) is 22.8 Å². The van der Waals surface area contributed by atoms with Gasteiger partial charge >= 0.3 is 0 Å². The second-order valence-corrected chi connectivity index (χ2v) is 6.71. The molecule has 3 aromatic carbocycles. The molecule has 0 unspecified atom stereocenters. The van der Waals surface area contributed by atoms with Gasteiger partial charge in [0.15, 0.2) is 0 Å². The quantitative estimate of drug-likeness (QED) is 0.481. The Morgan fingerprint density at radius 2 is 1.66 bits per heavy atom. The number of hydrogen-bond donors (Lipinski definition) is 1. The molecule has 1 heterocycles. The predicted molar refractivity (Wildman–Crippen MR) is 115 cm³/mol. The van der Waals surface area contributed by atoms with Gasteiger partial charge in [0.05, 0.1) is 29.1 Å². The van der Waals surface area contributed by atoms with E-state index in [2.05, 4.69) is 10.4 Å². The Kier molecular flexibility index (Phi) is 5.31. The van der Waals surface area contributed by atoms with Gasteiger partial charge in [-0.2, -0.15) is 5.10 Å². The zero-order valence-electron chi connectivity index (χ0n) is 15.7. The van der Waals surface area contributed by atoms with Crippen LogP contribution in [0.5, 0.6) is 5.75 Å². The number of carbonyl (C=O) groups is 1. The third-order valence-electron chi connectivity index (χ3n) is 4.46. The zero-order chi connectivity index (χ0) is 20.2. The van der Waals surface area contributed by atoms with E-state index in [0.717, 1.165) is 11.3 Å². The minimum atomic E-state index is -0.304. The maximum atomic E-state index is 13.1. The number of halogens is 1. The van der Waals surface area contributed by atoms with Gasteiger partial charge in [-0.15, -0.1) is 0 Å². The largest absolute Gasteiger partial charge is 0.496 e. The number of nitrogens with zero attached hydrogens (tertiary/aromatic N) is 2. The maximum absolute atomic E-state index is 13.1. The van der Waals surface area contributed by atoms with Gasteiger partial charge in [-0.3, -0.25) is 4.79 Å². The Morgan fingerprint density at radius 3 is 2.41 bits per heavy atom. The summed E-state index contributed by atoms with van der Waals surface area (Å²) in [4.78, 5) is 13.1. The molecule has 6 heteroatoms. The van der Waals surface area contributed by atoms with Gasteiger partial charge in [0.2, 0.25) is 0 Å². The molecular formula is C23H18ClN3O2. The van der Waals surface area contributed by atoms with Gasteiger partial charge in [0.25, 0.3) is 5.91 Å². The summed E-state index contributed by atoms with van der Waals surface area (Å²) in [5.41, 5.74) is 3.06. The van der Waals surface area contributed by atoms with Crippen molar-refractivity contribution in [2.75, 3.05) is 12.4 Å². The number of methoxy groups -OCH3 is 1. The summed E-state index contributed by atoms with van der Waals surface area (Å²) < 4.78 is 7.17. The summed E-state index contributed by atoms with van der Waals surface area (Å²) in [7, 11) is 1.59. The molecule has 29 heavy (non-hydrogen) atoms. The first-order valence-electron chi connectivity index (χ1n) is 9.01. The van der Waals surface area contributed by atoms with Crippen LogP contribution in [-0.2, 0) is 0 Å². The highest BCUT2D eigenvalue weighted by molar-refractivity contribution is 6.34. The molecule has 0 aliphatic carbocycles. The third kappa shape index (κ3) is 3.86. The molecule has 5 nitrogen and oxygen atoms in total. The van der Waals surface area contributed by atoms with E-state index in [1.165, 1.54) is 0 Å². The molecule has 0 fully saturated rings. The van der Waals surface area contributed by atoms with E-state index in [0.29, 0.717) is 27.7 Å². The number of anilines is 1. The maximum Gasteiger partial charge on any atom is 0.259 e. The highest BCUT2D eigenvalue weighted by atomic mass is 35.5. The lowest BCUT2D eigenvalue weighted by Crippen LogP contribution is -2.12. The Hall–Kier alpha value is -3.57. The molecule has 0 aliphatic rings. The highest BCUT2D eigenvalue weighted by Crippen LogP contribution is 2.32. The van der Waals surface area contributed by atoms with E-state index in [1.807, 2.05) is 66.7 Å². The monoisotopic (exact) mass is 403 g/mol. The normalized spacial score (nSPS) is 10.6. The molecule has 1 N–H and O–H groups in total. The summed E-state index contributed by atoms with van der Waals surface area (Å²) in [6.45, 7) is 0. The number of benzene rings is 3. The van der Waals surface area contributed by atoms with E-state index in [9.17, 15) is 4.79 Å². The number of rotatable bonds is 5. The van der Waals surface area contributed by atoms with Gasteiger partial charge in [-0.1, -0.05) is 54.1 Å². The van der Waals surface area contributed by atoms with Gasteiger partial charge in [0.1, 0.15) is 11.4 Å². The van der Waals surface area contributed by atoms with Crippen LogP contribution in [0.2, 0.25) is 5.02 Å². The summed E-state index contributed by atoms with van der Waals surface area (Å²) in [5, 5.41) is 8.03. The first kappa shape index (κ1) is 18.8. The van der Waals surface area contributed by atoms with Crippen molar-refractivity contribution in [1.29, 1.82) is 0 Å². The molecule has 4 rings (SSSR count). The van der Waals surface area contributed by atoms with Crippen molar-refractivity contribution in [2.45, 2.75) is 0 Å². The van der Waals surface area contributed by atoms with Gasteiger partial charge in [0, 0.05) is 11.8 Å². The van der Waals surface area contributed by atoms with Crippen molar-refractivity contribution in [2.24, 2.45) is 0 Å². The van der Waals surface area contributed by atoms with Gasteiger partial charge in [-0.05, 0) is 36.4 Å². The number of nitrogens with one attached hydrogen (secondary N) is 1. The molecule has 0 aliphatic heterocycles. The zero-order valence-corrected chi connectivity index (χ0v) is 16.4. The molecule has 0 bridgehead atoms. The minimum Gasteiger partial charge on any atom is -0.496 e. The van der Waals surface area contributed by atoms with E-state index in [4.69, 9.17) is 16.3 Å². The first-order chi connectivity index (χ1) is 14.2. The number of carbonyl (C=O) groups excluding carboxylic acids is 1. The van der Waals surface area contributed by atoms with Crippen LogP contribution in [0.15, 0.2) is 85.1 Å². The van der Waals surface area contributed by atoms with Crippen molar-refractivity contribution >= 4 is 23.2 Å². The summed E-state index contributed by atoms with van der Waals surface area (Å²) in [5.74, 6) is 0.332. The molecule has 0 saturated heterocycles. The Labute approximate surface area is 173 Å². The van der Waals surface area contributed by atoms with Crippen LogP contribution in [0.25, 0.3) is 16.9 Å². The van der Waals surface area contributed by atoms with Crippen LogP contribution >= 0.6 is 11.6 Å². The van der Waals surface area contributed by atoms with Crippen molar-refractivity contribution < 1.29 is 9.53 Å². The molecule has 1 amide bonds. The lowest BCUT2D eigenvalue weighted by molar-refractivity contribution is 0.102. The molecule has 0 radical (unpaired) electrons. The molecular weight excluding hydrogens is 386 g/mol. The van der Waals surface area contributed by atoms with Crippen molar-refractivity contribution in [1.82, 2.24) is 9.78 Å². The molecule has 4 aromatic rings. The van der Waals surface area contributed by atoms with Crippen LogP contribution in [0.4, 0.5) is 5.69 Å². The number of ether oxygens (including phenoxy) is 1. The van der Waals surface area contributed by atoms with Crippen molar-refractivity contribution in [3.8, 4) is 22.7 Å². The summed E-state index contributed by atoms with van der Waals surface area (Å²) in [6.07, 6.45) is 1.71. The predicted octanol–water partition coefficient (Wildman–Crippen LogP) is 5.45. The second kappa shape index (κ2) is 8.20. The topological polar surface area (TPSA) is 56.2 Å². The molecule has 0 atom stereocenters. The van der Waals surface area contributed by atoms with E-state index < -0.39 is 0 Å². The van der Waals surface area contributed by atoms with Crippen molar-refractivity contribution in [3.05, 3.63) is 95.6 Å². The van der Waals surface area contributed by atoms with Gasteiger partial charge < -0.3 is 10.1 Å². The van der Waals surface area contributed by atoms with Crippen LogP contribution < -0.4 is 10.1 Å². The Bertz CT molecular complexity index is 1160. The van der Waals surface area contributed by atoms with Gasteiger partial charge in [-0.25, -0.2) is 4.68 Å². The smallest absolute Gasteiger partial charge is 0.259 e. The summed E-state index contributed by atoms with van der Waals surface area (Å²) >= 11 is 6.21. The van der Waals surface area contributed by atoms with E-state index in [1.54, 1.807) is 30.1 Å². The van der Waals surface area contributed by atoms with E-state index in [-0.39, 0.29) is 5.91 Å². The average molecular weight is 404 g/mol. The average Bonchev–Trinajstić information content (AvgIpc) is 3.21. The third-order valence-corrected chi connectivity index (χ3v) is 4.79. The minimum absolute atomic E-state index is 0.304. The molecule has 1 aromatic heterocycles. The number of hydrogen-bond acceptors (Lipinski definition) is 3. The van der Waals surface area contributed by atoms with Crippen LogP contribution in [0, 0.1) is 0 Å². The fourth-order valence-electron chi connectivity index (χ4n) is 3.04. The first-order valence-corrected chi connectivity index (χ1v) is 9.39. The summed E-state index contributed by atoms with van der Waals surface area (Å²) in [6, 6.07) is 24.2. The number of para-hydroxylation sites is 3. The van der Waals surface area contributed by atoms with E-state index >= 15 is 0 Å². The molecule has 0 spiro atoms. The second-order valence-electron chi connectivity index (χ2n) is 6.31. The lowest BCUT2D eigenvalue weighted by Gasteiger charge is -2.09. The number of amides is 1. The fraction of sp³-hybridized carbons (Fsp3) is 0.0435. The molecule has 144 valence electrons. The SMILES string of the molecule is COc1ccccc1-c1nn(-c2ccccc2)cc1C(=O)Nc1ccccc1Cl. The molecule has 0 saturated carbocycles. The fourth-order valence-corrected chi connectivity index (χ4v) is 3.23. The Balaban J connectivity index is 1.82. The number of aromatic nitrogens is 2. The van der Waals surface area contributed by atoms with Crippen LogP contribution in [0.1, 0.15) is 10.4 Å². The lowest BCUT2D eigenvalue weighted by atomic mass is 10.1. The van der Waals surface area contributed by atoms with Crippen LogP contribution in [0.3, 0.4) is 0 Å². The Morgan fingerprint density at radius 1 is 0.966 bits per heavy atom. The standard InChI is InChI=1S/C23H18ClN3O2/c1-29-21-14-8-5-11-17(21)22-18(15-27(26-22)16-9-3-2-4-10-16)23(28)25-20-13-7-6-12-19(20)24/h2-15H,1H3,(H,25,28). The highest BCUT2D eigenvalue weighted by Gasteiger charge is 2.21.